The van der Waals surface area contributed by atoms with Gasteiger partial charge in [0.2, 0.25) is 5.91 Å². The van der Waals surface area contributed by atoms with Crippen molar-refractivity contribution in [3.8, 4) is 0 Å². The zero-order valence-electron chi connectivity index (χ0n) is 18.3. The maximum absolute atomic E-state index is 13.5. The summed E-state index contributed by atoms with van der Waals surface area (Å²) in [6.45, 7) is 12.6. The van der Waals surface area contributed by atoms with Gasteiger partial charge in [0.1, 0.15) is 0 Å². The number of fused-ring (bicyclic) bond motifs is 1. The lowest BCUT2D eigenvalue weighted by molar-refractivity contribution is -0.120. The van der Waals surface area contributed by atoms with Crippen molar-refractivity contribution in [1.82, 2.24) is 4.90 Å². The predicted octanol–water partition coefficient (Wildman–Crippen LogP) is 5.11. The molecule has 30 heavy (non-hydrogen) atoms. The van der Waals surface area contributed by atoms with Gasteiger partial charge in [0.25, 0.3) is 0 Å². The number of amides is 1. The quantitative estimate of drug-likeness (QED) is 0.627. The van der Waals surface area contributed by atoms with Crippen LogP contribution >= 0.6 is 15.9 Å². The Kier molecular flexibility index (Phi) is 5.78. The van der Waals surface area contributed by atoms with E-state index in [4.69, 9.17) is 0 Å². The number of nitrogens with zero attached hydrogens (tertiary/aromatic N) is 3. The number of carbonyl (C=O) groups excluding carboxylic acids is 1. The molecule has 2 aliphatic heterocycles. The highest BCUT2D eigenvalue weighted by Gasteiger charge is 2.36. The normalized spacial score (nSPS) is 18.8. The van der Waals surface area contributed by atoms with Crippen LogP contribution in [0.15, 0.2) is 53.0 Å². The van der Waals surface area contributed by atoms with Gasteiger partial charge in [-0.05, 0) is 69.7 Å². The van der Waals surface area contributed by atoms with Gasteiger partial charge in [-0.15, -0.1) is 0 Å². The lowest BCUT2D eigenvalue weighted by Gasteiger charge is -2.43. The number of rotatable bonds is 3. The van der Waals surface area contributed by atoms with Gasteiger partial charge in [-0.1, -0.05) is 33.6 Å². The SMILES string of the molecule is CC1=CC(C)(C)N(C(=O)CN2CCN(c3ccc(Br)cc3)CC2)c2ccc(C)cc21. The van der Waals surface area contributed by atoms with E-state index in [-0.39, 0.29) is 11.4 Å². The van der Waals surface area contributed by atoms with Crippen LogP contribution < -0.4 is 9.80 Å². The van der Waals surface area contributed by atoms with Gasteiger partial charge in [-0.2, -0.15) is 0 Å². The Labute approximate surface area is 188 Å². The number of halogens is 1. The molecule has 1 amide bonds. The first-order chi connectivity index (χ1) is 14.2. The predicted molar refractivity (Wildman–Crippen MR) is 129 cm³/mol. The molecule has 1 fully saturated rings. The molecule has 1 saturated heterocycles. The number of benzene rings is 2. The largest absolute Gasteiger partial charge is 0.369 e. The molecule has 0 spiro atoms. The third kappa shape index (κ3) is 4.19. The molecule has 0 atom stereocenters. The fourth-order valence-corrected chi connectivity index (χ4v) is 4.94. The summed E-state index contributed by atoms with van der Waals surface area (Å²) in [5, 5.41) is 0. The second-order valence-electron chi connectivity index (χ2n) is 8.97. The summed E-state index contributed by atoms with van der Waals surface area (Å²) >= 11 is 3.50. The van der Waals surface area contributed by atoms with E-state index in [9.17, 15) is 4.79 Å². The van der Waals surface area contributed by atoms with Crippen LogP contribution in [0.5, 0.6) is 0 Å². The summed E-state index contributed by atoms with van der Waals surface area (Å²) in [5.41, 5.74) is 5.57. The van der Waals surface area contributed by atoms with E-state index < -0.39 is 0 Å². The molecule has 2 heterocycles. The minimum atomic E-state index is -0.331. The summed E-state index contributed by atoms with van der Waals surface area (Å²) in [7, 11) is 0. The Morgan fingerprint density at radius 2 is 1.67 bits per heavy atom. The Balaban J connectivity index is 1.46. The van der Waals surface area contributed by atoms with Crippen LogP contribution in [0.4, 0.5) is 11.4 Å². The molecule has 2 aromatic rings. The number of aryl methyl sites for hydroxylation is 1. The van der Waals surface area contributed by atoms with E-state index in [1.807, 2.05) is 4.90 Å². The second kappa shape index (κ2) is 8.20. The van der Waals surface area contributed by atoms with Crippen molar-refractivity contribution < 1.29 is 4.79 Å². The maximum atomic E-state index is 13.5. The van der Waals surface area contributed by atoms with Crippen LogP contribution in [0.3, 0.4) is 0 Å². The van der Waals surface area contributed by atoms with Crippen LogP contribution in [0.25, 0.3) is 5.57 Å². The third-order valence-corrected chi connectivity index (χ3v) is 6.66. The molecule has 0 unspecified atom stereocenters. The lowest BCUT2D eigenvalue weighted by Crippen LogP contribution is -2.55. The minimum absolute atomic E-state index is 0.172. The summed E-state index contributed by atoms with van der Waals surface area (Å²) in [6, 6.07) is 14.9. The number of hydrogen-bond acceptors (Lipinski definition) is 3. The fourth-order valence-electron chi connectivity index (χ4n) is 4.68. The van der Waals surface area contributed by atoms with E-state index >= 15 is 0 Å². The Morgan fingerprint density at radius 1 is 1.00 bits per heavy atom. The summed E-state index contributed by atoms with van der Waals surface area (Å²) in [6.07, 6.45) is 2.22. The van der Waals surface area contributed by atoms with Crippen molar-refractivity contribution in [2.75, 3.05) is 42.5 Å². The number of piperazine rings is 1. The van der Waals surface area contributed by atoms with Crippen LogP contribution in [0.2, 0.25) is 0 Å². The minimum Gasteiger partial charge on any atom is -0.369 e. The van der Waals surface area contributed by atoms with Crippen molar-refractivity contribution in [2.45, 2.75) is 33.2 Å². The molecular formula is C25H30BrN3O. The van der Waals surface area contributed by atoms with Crippen molar-refractivity contribution in [2.24, 2.45) is 0 Å². The van der Waals surface area contributed by atoms with E-state index in [1.54, 1.807) is 0 Å². The van der Waals surface area contributed by atoms with E-state index in [2.05, 4.69) is 102 Å². The monoisotopic (exact) mass is 467 g/mol. The lowest BCUT2D eigenvalue weighted by atomic mass is 9.88. The highest BCUT2D eigenvalue weighted by molar-refractivity contribution is 9.10. The van der Waals surface area contributed by atoms with Gasteiger partial charge in [0, 0.05) is 41.9 Å². The average Bonchev–Trinajstić information content (AvgIpc) is 2.69. The topological polar surface area (TPSA) is 26.8 Å². The van der Waals surface area contributed by atoms with E-state index in [0.29, 0.717) is 6.54 Å². The number of carbonyl (C=O) groups is 1. The first kappa shape index (κ1) is 21.1. The molecule has 0 N–H and O–H groups in total. The van der Waals surface area contributed by atoms with Crippen LogP contribution in [-0.4, -0.2) is 49.1 Å². The zero-order chi connectivity index (χ0) is 21.5. The van der Waals surface area contributed by atoms with E-state index in [1.165, 1.54) is 22.4 Å². The zero-order valence-corrected chi connectivity index (χ0v) is 19.9. The summed E-state index contributed by atoms with van der Waals surface area (Å²) < 4.78 is 1.10. The highest BCUT2D eigenvalue weighted by atomic mass is 79.9. The molecule has 4 rings (SSSR count). The maximum Gasteiger partial charge on any atom is 0.241 e. The highest BCUT2D eigenvalue weighted by Crippen LogP contribution is 2.39. The van der Waals surface area contributed by atoms with Gasteiger partial charge in [-0.3, -0.25) is 9.69 Å². The molecule has 0 bridgehead atoms. The molecule has 4 nitrogen and oxygen atoms in total. The molecule has 0 radical (unpaired) electrons. The van der Waals surface area contributed by atoms with Gasteiger partial charge in [0.15, 0.2) is 0 Å². The number of anilines is 2. The van der Waals surface area contributed by atoms with Crippen molar-refractivity contribution >= 4 is 38.8 Å². The second-order valence-corrected chi connectivity index (χ2v) is 9.89. The van der Waals surface area contributed by atoms with Gasteiger partial charge in [-0.25, -0.2) is 0 Å². The molecule has 158 valence electrons. The fraction of sp³-hybridized carbons (Fsp3) is 0.400. The molecule has 5 heteroatoms. The molecule has 2 aromatic carbocycles. The molecular weight excluding hydrogens is 438 g/mol. The smallest absolute Gasteiger partial charge is 0.241 e. The first-order valence-electron chi connectivity index (χ1n) is 10.6. The Bertz CT molecular complexity index is 972. The summed E-state index contributed by atoms with van der Waals surface area (Å²) in [4.78, 5) is 20.1. The summed E-state index contributed by atoms with van der Waals surface area (Å²) in [5.74, 6) is 0.172. The van der Waals surface area contributed by atoms with Crippen LogP contribution in [-0.2, 0) is 4.79 Å². The van der Waals surface area contributed by atoms with Crippen LogP contribution in [0.1, 0.15) is 31.9 Å². The van der Waals surface area contributed by atoms with Crippen molar-refractivity contribution in [3.63, 3.8) is 0 Å². The van der Waals surface area contributed by atoms with Crippen molar-refractivity contribution in [1.29, 1.82) is 0 Å². The van der Waals surface area contributed by atoms with Crippen molar-refractivity contribution in [3.05, 3.63) is 64.1 Å². The van der Waals surface area contributed by atoms with Gasteiger partial charge in [0.05, 0.1) is 17.8 Å². The average molecular weight is 468 g/mol. The molecule has 0 aromatic heterocycles. The van der Waals surface area contributed by atoms with Gasteiger partial charge >= 0.3 is 0 Å². The van der Waals surface area contributed by atoms with Gasteiger partial charge < -0.3 is 9.80 Å². The molecule has 0 saturated carbocycles. The number of hydrogen-bond donors (Lipinski definition) is 0. The standard InChI is InChI=1S/C25H30BrN3O/c1-18-5-10-23-22(15-18)19(2)16-25(3,4)29(23)24(30)17-27-11-13-28(14-12-27)21-8-6-20(26)7-9-21/h5-10,15-16H,11-14,17H2,1-4H3. The molecule has 2 aliphatic rings. The Hall–Kier alpha value is -2.11. The molecule has 0 aliphatic carbocycles. The number of allylic oxidation sites excluding steroid dienone is 1. The third-order valence-electron chi connectivity index (χ3n) is 6.14. The van der Waals surface area contributed by atoms with E-state index in [0.717, 1.165) is 36.3 Å². The first-order valence-corrected chi connectivity index (χ1v) is 11.4. The Morgan fingerprint density at radius 3 is 2.33 bits per heavy atom. The van der Waals surface area contributed by atoms with Crippen LogP contribution in [0, 0.1) is 6.92 Å².